The molecule has 0 aliphatic carbocycles. The zero-order valence-corrected chi connectivity index (χ0v) is 9.09. The van der Waals surface area contributed by atoms with Crippen LogP contribution in [0.3, 0.4) is 0 Å². The predicted molar refractivity (Wildman–Crippen MR) is 53.6 cm³/mol. The van der Waals surface area contributed by atoms with Crippen LogP contribution in [0.1, 0.15) is 40.5 Å². The second-order valence-electron chi connectivity index (χ2n) is 4.19. The minimum atomic E-state index is -0.342. The lowest BCUT2D eigenvalue weighted by atomic mass is 10.1. The molecule has 0 aromatic heterocycles. The summed E-state index contributed by atoms with van der Waals surface area (Å²) in [4.78, 5) is 0. The lowest BCUT2D eigenvalue weighted by Gasteiger charge is -2.22. The third-order valence-corrected chi connectivity index (χ3v) is 2.22. The van der Waals surface area contributed by atoms with Crippen molar-refractivity contribution in [2.75, 3.05) is 6.61 Å². The molecule has 1 fully saturated rings. The predicted octanol–water partition coefficient (Wildman–Crippen LogP) is 2.88. The van der Waals surface area contributed by atoms with Gasteiger partial charge in [-0.1, -0.05) is 11.6 Å². The van der Waals surface area contributed by atoms with Gasteiger partial charge in [0.25, 0.3) is 0 Å². The molecule has 0 unspecified atom stereocenters. The van der Waals surface area contributed by atoms with Gasteiger partial charge >= 0.3 is 0 Å². The highest BCUT2D eigenvalue weighted by Crippen LogP contribution is 2.27. The van der Waals surface area contributed by atoms with E-state index in [1.807, 2.05) is 13.8 Å². The Morgan fingerprint density at radius 3 is 2.69 bits per heavy atom. The second-order valence-corrected chi connectivity index (χ2v) is 4.19. The van der Waals surface area contributed by atoms with E-state index < -0.39 is 0 Å². The van der Waals surface area contributed by atoms with E-state index in [9.17, 15) is 0 Å². The molecule has 1 rings (SSSR count). The summed E-state index contributed by atoms with van der Waals surface area (Å²) < 4.78 is 11.3. The van der Waals surface area contributed by atoms with Crippen molar-refractivity contribution < 1.29 is 9.47 Å². The van der Waals surface area contributed by atoms with Crippen molar-refractivity contribution in [3.63, 3.8) is 0 Å². The highest BCUT2D eigenvalue weighted by molar-refractivity contribution is 4.93. The Morgan fingerprint density at radius 1 is 1.54 bits per heavy atom. The number of allylic oxidation sites excluding steroid dienone is 2. The van der Waals surface area contributed by atoms with Crippen LogP contribution in [0.4, 0.5) is 0 Å². The molecule has 1 saturated heterocycles. The molecule has 1 aliphatic heterocycles. The standard InChI is InChI=1S/C11H20O2/c1-9(2)6-5-7-11(4)12-8-10(3)13-11/h6,10H,5,7-8H2,1-4H3/t10-,11+/m0/s1. The fourth-order valence-electron chi connectivity index (χ4n) is 1.54. The van der Waals surface area contributed by atoms with Crippen molar-refractivity contribution in [3.05, 3.63) is 11.6 Å². The van der Waals surface area contributed by atoms with Gasteiger partial charge in [-0.3, -0.25) is 0 Å². The summed E-state index contributed by atoms with van der Waals surface area (Å²) in [5.41, 5.74) is 1.36. The number of rotatable bonds is 3. The van der Waals surface area contributed by atoms with Crippen molar-refractivity contribution in [1.82, 2.24) is 0 Å². The van der Waals surface area contributed by atoms with Gasteiger partial charge < -0.3 is 9.47 Å². The topological polar surface area (TPSA) is 18.5 Å². The third kappa shape index (κ3) is 3.49. The Morgan fingerprint density at radius 2 is 2.23 bits per heavy atom. The molecule has 0 bridgehead atoms. The molecule has 1 heterocycles. The SMILES string of the molecule is CC(C)=CCC[C@]1(C)OC[C@H](C)O1. The average Bonchev–Trinajstić information content (AvgIpc) is 2.30. The van der Waals surface area contributed by atoms with Crippen molar-refractivity contribution in [2.45, 2.75) is 52.4 Å². The van der Waals surface area contributed by atoms with E-state index in [2.05, 4.69) is 19.9 Å². The largest absolute Gasteiger partial charge is 0.348 e. The van der Waals surface area contributed by atoms with E-state index in [1.54, 1.807) is 0 Å². The van der Waals surface area contributed by atoms with Gasteiger partial charge in [0.2, 0.25) is 0 Å². The molecule has 0 aromatic rings. The van der Waals surface area contributed by atoms with E-state index >= 15 is 0 Å². The van der Waals surface area contributed by atoms with Crippen LogP contribution in [-0.4, -0.2) is 18.5 Å². The molecule has 0 aromatic carbocycles. The monoisotopic (exact) mass is 184 g/mol. The van der Waals surface area contributed by atoms with Crippen molar-refractivity contribution >= 4 is 0 Å². The lowest BCUT2D eigenvalue weighted by molar-refractivity contribution is -0.155. The zero-order valence-electron chi connectivity index (χ0n) is 9.09. The molecule has 13 heavy (non-hydrogen) atoms. The molecule has 2 nitrogen and oxygen atoms in total. The summed E-state index contributed by atoms with van der Waals surface area (Å²) in [6.07, 6.45) is 4.45. The summed E-state index contributed by atoms with van der Waals surface area (Å²) in [6, 6.07) is 0. The Balaban J connectivity index is 2.32. The molecule has 0 amide bonds. The van der Waals surface area contributed by atoms with Crippen LogP contribution in [0, 0.1) is 0 Å². The van der Waals surface area contributed by atoms with Gasteiger partial charge in [0.1, 0.15) is 0 Å². The Hall–Kier alpha value is -0.340. The summed E-state index contributed by atoms with van der Waals surface area (Å²) in [6.45, 7) is 9.02. The smallest absolute Gasteiger partial charge is 0.166 e. The number of hydrogen-bond donors (Lipinski definition) is 0. The molecule has 0 N–H and O–H groups in total. The van der Waals surface area contributed by atoms with Crippen LogP contribution in [-0.2, 0) is 9.47 Å². The second kappa shape index (κ2) is 4.25. The third-order valence-electron chi connectivity index (χ3n) is 2.22. The molecule has 2 atom stereocenters. The Bertz CT molecular complexity index is 194. The first-order valence-corrected chi connectivity index (χ1v) is 4.97. The maximum atomic E-state index is 5.68. The first kappa shape index (κ1) is 10.7. The van der Waals surface area contributed by atoms with E-state index in [-0.39, 0.29) is 11.9 Å². The van der Waals surface area contributed by atoms with Crippen LogP contribution in [0.5, 0.6) is 0 Å². The quantitative estimate of drug-likeness (QED) is 0.628. The van der Waals surface area contributed by atoms with Gasteiger partial charge in [-0.05, 0) is 34.1 Å². The summed E-state index contributed by atoms with van der Waals surface area (Å²) in [5.74, 6) is -0.342. The minimum Gasteiger partial charge on any atom is -0.348 e. The van der Waals surface area contributed by atoms with Crippen molar-refractivity contribution in [3.8, 4) is 0 Å². The first-order chi connectivity index (χ1) is 6.02. The minimum absolute atomic E-state index is 0.247. The molecule has 76 valence electrons. The molecule has 2 heteroatoms. The molecular formula is C11H20O2. The summed E-state index contributed by atoms with van der Waals surface area (Å²) in [7, 11) is 0. The Labute approximate surface area is 80.9 Å². The van der Waals surface area contributed by atoms with Crippen LogP contribution < -0.4 is 0 Å². The molecule has 0 radical (unpaired) electrons. The Kier molecular flexibility index (Phi) is 3.51. The average molecular weight is 184 g/mol. The van der Waals surface area contributed by atoms with Gasteiger partial charge in [-0.25, -0.2) is 0 Å². The van der Waals surface area contributed by atoms with Gasteiger partial charge in [0.05, 0.1) is 12.7 Å². The van der Waals surface area contributed by atoms with Gasteiger partial charge in [-0.15, -0.1) is 0 Å². The highest BCUT2D eigenvalue weighted by atomic mass is 16.7. The lowest BCUT2D eigenvalue weighted by Crippen LogP contribution is -2.25. The van der Waals surface area contributed by atoms with Crippen LogP contribution >= 0.6 is 0 Å². The van der Waals surface area contributed by atoms with E-state index in [1.165, 1.54) is 5.57 Å². The van der Waals surface area contributed by atoms with Gasteiger partial charge in [0.15, 0.2) is 5.79 Å². The van der Waals surface area contributed by atoms with Crippen LogP contribution in [0.2, 0.25) is 0 Å². The molecule has 0 spiro atoms. The highest BCUT2D eigenvalue weighted by Gasteiger charge is 2.33. The van der Waals surface area contributed by atoms with E-state index in [0.29, 0.717) is 0 Å². The van der Waals surface area contributed by atoms with Crippen molar-refractivity contribution in [2.24, 2.45) is 0 Å². The maximum Gasteiger partial charge on any atom is 0.166 e. The maximum absolute atomic E-state index is 5.68. The van der Waals surface area contributed by atoms with Gasteiger partial charge in [0, 0.05) is 6.42 Å². The summed E-state index contributed by atoms with van der Waals surface area (Å²) in [5, 5.41) is 0. The van der Waals surface area contributed by atoms with Gasteiger partial charge in [-0.2, -0.15) is 0 Å². The number of hydrogen-bond acceptors (Lipinski definition) is 2. The molecule has 1 aliphatic rings. The van der Waals surface area contributed by atoms with Crippen molar-refractivity contribution in [1.29, 1.82) is 0 Å². The molecule has 0 saturated carbocycles. The van der Waals surface area contributed by atoms with Crippen LogP contribution in [0.15, 0.2) is 11.6 Å². The zero-order chi connectivity index (χ0) is 9.90. The summed E-state index contributed by atoms with van der Waals surface area (Å²) >= 11 is 0. The fourth-order valence-corrected chi connectivity index (χ4v) is 1.54. The van der Waals surface area contributed by atoms with Crippen LogP contribution in [0.25, 0.3) is 0 Å². The van der Waals surface area contributed by atoms with E-state index in [0.717, 1.165) is 19.4 Å². The van der Waals surface area contributed by atoms with E-state index in [4.69, 9.17) is 9.47 Å². The molecular weight excluding hydrogens is 164 g/mol. The number of ether oxygens (including phenoxy) is 2. The first-order valence-electron chi connectivity index (χ1n) is 4.97. The normalized spacial score (nSPS) is 33.4. The fraction of sp³-hybridized carbons (Fsp3) is 0.818.